The lowest BCUT2D eigenvalue weighted by molar-refractivity contribution is 0.208. The van der Waals surface area contributed by atoms with E-state index in [9.17, 15) is 4.79 Å². The summed E-state index contributed by atoms with van der Waals surface area (Å²) in [5.41, 5.74) is 0.683. The maximum Gasteiger partial charge on any atom is 0.321 e. The van der Waals surface area contributed by atoms with Crippen molar-refractivity contribution in [2.75, 3.05) is 36.4 Å². The highest BCUT2D eigenvalue weighted by Crippen LogP contribution is 2.17. The van der Waals surface area contributed by atoms with E-state index in [4.69, 9.17) is 4.74 Å². The average Bonchev–Trinajstić information content (AvgIpc) is 2.62. The molecule has 1 fully saturated rings. The minimum absolute atomic E-state index is 0.0399. The van der Waals surface area contributed by atoms with Crippen molar-refractivity contribution in [1.82, 2.24) is 14.9 Å². The van der Waals surface area contributed by atoms with Crippen LogP contribution in [0.15, 0.2) is 42.7 Å². The van der Waals surface area contributed by atoms with Crippen molar-refractivity contribution < 1.29 is 9.53 Å². The molecule has 3 heterocycles. The highest BCUT2D eigenvalue weighted by molar-refractivity contribution is 5.89. The number of aromatic nitrogens is 2. The lowest BCUT2D eigenvalue weighted by Crippen LogP contribution is -2.50. The summed E-state index contributed by atoms with van der Waals surface area (Å²) in [5, 5.41) is 2.91. The number of hydrogen-bond acceptors (Lipinski definition) is 5. The van der Waals surface area contributed by atoms with Gasteiger partial charge in [-0.05, 0) is 32.0 Å². The molecule has 0 atom stereocenters. The van der Waals surface area contributed by atoms with Crippen LogP contribution < -0.4 is 15.0 Å². The van der Waals surface area contributed by atoms with Crippen molar-refractivity contribution in [2.45, 2.75) is 20.0 Å². The van der Waals surface area contributed by atoms with Crippen molar-refractivity contribution in [1.29, 1.82) is 0 Å². The van der Waals surface area contributed by atoms with Gasteiger partial charge in [0.15, 0.2) is 0 Å². The van der Waals surface area contributed by atoms with Crippen LogP contribution in [0.25, 0.3) is 0 Å². The molecule has 2 aromatic rings. The van der Waals surface area contributed by atoms with Gasteiger partial charge in [0.25, 0.3) is 0 Å². The Labute approximate surface area is 147 Å². The topological polar surface area (TPSA) is 70.6 Å². The minimum atomic E-state index is -0.109. The molecule has 0 aromatic carbocycles. The largest absolute Gasteiger partial charge is 0.475 e. The van der Waals surface area contributed by atoms with Gasteiger partial charge < -0.3 is 19.9 Å². The standard InChI is InChI=1S/C18H23N5O2/c1-14(2)25-17-13-15(6-8-20-17)21-18(24)23-11-9-22(10-12-23)16-5-3-4-7-19-16/h3-8,13-14H,9-12H2,1-2H3,(H,20,21,24). The average molecular weight is 341 g/mol. The fourth-order valence-electron chi connectivity index (χ4n) is 2.68. The summed E-state index contributed by atoms with van der Waals surface area (Å²) < 4.78 is 5.56. The number of amides is 2. The first kappa shape index (κ1) is 17.0. The van der Waals surface area contributed by atoms with Gasteiger partial charge in [-0.15, -0.1) is 0 Å². The monoisotopic (exact) mass is 341 g/mol. The van der Waals surface area contributed by atoms with Crippen LogP contribution in [0.4, 0.5) is 16.3 Å². The molecule has 1 aliphatic rings. The summed E-state index contributed by atoms with van der Waals surface area (Å²) >= 11 is 0. The molecule has 1 N–H and O–H groups in total. The maximum absolute atomic E-state index is 12.5. The van der Waals surface area contributed by atoms with Crippen LogP contribution in [0.3, 0.4) is 0 Å². The summed E-state index contributed by atoms with van der Waals surface area (Å²) in [7, 11) is 0. The van der Waals surface area contributed by atoms with Crippen molar-refractivity contribution in [2.24, 2.45) is 0 Å². The number of carbonyl (C=O) groups excluding carboxylic acids is 1. The number of hydrogen-bond donors (Lipinski definition) is 1. The van der Waals surface area contributed by atoms with Crippen molar-refractivity contribution in [3.8, 4) is 5.88 Å². The van der Waals surface area contributed by atoms with E-state index < -0.39 is 0 Å². The zero-order chi connectivity index (χ0) is 17.6. The van der Waals surface area contributed by atoms with Gasteiger partial charge in [-0.1, -0.05) is 6.07 Å². The molecule has 0 aliphatic carbocycles. The van der Waals surface area contributed by atoms with Gasteiger partial charge in [-0.25, -0.2) is 14.8 Å². The molecule has 0 saturated carbocycles. The molecule has 0 unspecified atom stereocenters. The van der Waals surface area contributed by atoms with Crippen LogP contribution in [-0.4, -0.2) is 53.2 Å². The number of nitrogens with one attached hydrogen (secondary N) is 1. The van der Waals surface area contributed by atoms with E-state index in [-0.39, 0.29) is 12.1 Å². The van der Waals surface area contributed by atoms with Gasteiger partial charge in [-0.2, -0.15) is 0 Å². The molecule has 2 aromatic heterocycles. The minimum Gasteiger partial charge on any atom is -0.475 e. The highest BCUT2D eigenvalue weighted by Gasteiger charge is 2.21. The van der Waals surface area contributed by atoms with Gasteiger partial charge in [0.1, 0.15) is 5.82 Å². The number of ether oxygens (including phenoxy) is 1. The molecule has 1 aliphatic heterocycles. The van der Waals surface area contributed by atoms with Crippen molar-refractivity contribution in [3.63, 3.8) is 0 Å². The van der Waals surface area contributed by atoms with E-state index in [2.05, 4.69) is 20.2 Å². The van der Waals surface area contributed by atoms with Crippen LogP contribution in [0, 0.1) is 0 Å². The summed E-state index contributed by atoms with van der Waals surface area (Å²) in [6.07, 6.45) is 3.46. The molecular formula is C18H23N5O2. The Morgan fingerprint density at radius 2 is 1.92 bits per heavy atom. The molecule has 0 bridgehead atoms. The van der Waals surface area contributed by atoms with E-state index in [1.165, 1.54) is 0 Å². The number of pyridine rings is 2. The number of anilines is 2. The van der Waals surface area contributed by atoms with Gasteiger partial charge in [-0.3, -0.25) is 0 Å². The summed E-state index contributed by atoms with van der Waals surface area (Å²) in [4.78, 5) is 25.0. The number of rotatable bonds is 4. The van der Waals surface area contributed by atoms with E-state index in [1.807, 2.05) is 36.9 Å². The van der Waals surface area contributed by atoms with E-state index in [0.717, 1.165) is 18.9 Å². The molecule has 0 radical (unpaired) electrons. The zero-order valence-electron chi connectivity index (χ0n) is 14.6. The smallest absolute Gasteiger partial charge is 0.321 e. The molecule has 25 heavy (non-hydrogen) atoms. The number of nitrogens with zero attached hydrogens (tertiary/aromatic N) is 4. The Kier molecular flexibility index (Phi) is 5.33. The Balaban J connectivity index is 1.54. The normalized spacial score (nSPS) is 14.5. The Bertz CT molecular complexity index is 700. The first-order chi connectivity index (χ1) is 12.1. The third-order valence-corrected chi connectivity index (χ3v) is 3.88. The number of carbonyl (C=O) groups is 1. The van der Waals surface area contributed by atoms with Crippen LogP contribution in [-0.2, 0) is 0 Å². The van der Waals surface area contributed by atoms with E-state index >= 15 is 0 Å². The summed E-state index contributed by atoms with van der Waals surface area (Å²) in [5.74, 6) is 1.46. The van der Waals surface area contributed by atoms with Crippen LogP contribution in [0.1, 0.15) is 13.8 Å². The van der Waals surface area contributed by atoms with Gasteiger partial charge in [0.05, 0.1) is 6.10 Å². The molecule has 2 amide bonds. The molecule has 7 nitrogen and oxygen atoms in total. The van der Waals surface area contributed by atoms with Crippen LogP contribution in [0.2, 0.25) is 0 Å². The Morgan fingerprint density at radius 1 is 1.12 bits per heavy atom. The third-order valence-electron chi connectivity index (χ3n) is 3.88. The lowest BCUT2D eigenvalue weighted by Gasteiger charge is -2.35. The first-order valence-corrected chi connectivity index (χ1v) is 8.46. The molecule has 0 spiro atoms. The molecular weight excluding hydrogens is 318 g/mol. The predicted octanol–water partition coefficient (Wildman–Crippen LogP) is 2.62. The van der Waals surface area contributed by atoms with E-state index in [0.29, 0.717) is 24.7 Å². The SMILES string of the molecule is CC(C)Oc1cc(NC(=O)N2CCN(c3ccccn3)CC2)ccn1. The van der Waals surface area contributed by atoms with Crippen molar-refractivity contribution >= 4 is 17.5 Å². The third kappa shape index (κ3) is 4.59. The molecule has 7 heteroatoms. The summed E-state index contributed by atoms with van der Waals surface area (Å²) in [6, 6.07) is 9.25. The number of urea groups is 1. The van der Waals surface area contributed by atoms with Gasteiger partial charge >= 0.3 is 6.03 Å². The number of piperazine rings is 1. The fourth-order valence-corrected chi connectivity index (χ4v) is 2.68. The second-order valence-electron chi connectivity index (χ2n) is 6.14. The Hall–Kier alpha value is -2.83. The van der Waals surface area contributed by atoms with Crippen molar-refractivity contribution in [3.05, 3.63) is 42.7 Å². The zero-order valence-corrected chi connectivity index (χ0v) is 14.6. The highest BCUT2D eigenvalue weighted by atomic mass is 16.5. The van der Waals surface area contributed by atoms with E-state index in [1.54, 1.807) is 24.5 Å². The lowest BCUT2D eigenvalue weighted by atomic mass is 10.3. The quantitative estimate of drug-likeness (QED) is 0.926. The molecule has 1 saturated heterocycles. The first-order valence-electron chi connectivity index (χ1n) is 8.46. The van der Waals surface area contributed by atoms with Crippen LogP contribution in [0.5, 0.6) is 5.88 Å². The van der Waals surface area contributed by atoms with Crippen LogP contribution >= 0.6 is 0 Å². The van der Waals surface area contributed by atoms with Gasteiger partial charge in [0.2, 0.25) is 5.88 Å². The predicted molar refractivity (Wildman–Crippen MR) is 97.0 cm³/mol. The molecule has 3 rings (SSSR count). The fraction of sp³-hybridized carbons (Fsp3) is 0.389. The second kappa shape index (κ2) is 7.83. The second-order valence-corrected chi connectivity index (χ2v) is 6.14. The Morgan fingerprint density at radius 3 is 2.60 bits per heavy atom. The maximum atomic E-state index is 12.5. The van der Waals surface area contributed by atoms with Gasteiger partial charge in [0, 0.05) is 50.3 Å². The molecule has 132 valence electrons. The summed E-state index contributed by atoms with van der Waals surface area (Å²) in [6.45, 7) is 6.72.